The molecule has 1 aliphatic rings. The topological polar surface area (TPSA) is 46.3 Å². The molecule has 110 valence electrons. The first kappa shape index (κ1) is 15.4. The fourth-order valence-electron chi connectivity index (χ4n) is 3.03. The Morgan fingerprint density at radius 2 is 2.05 bits per heavy atom. The molecule has 0 aromatic heterocycles. The SMILES string of the molecule is CCC1(CC)CCN(C(=O)c2cc(Br)cc(N)c2C)C1. The number of nitrogens with two attached hydrogens (primary N) is 1. The van der Waals surface area contributed by atoms with E-state index in [4.69, 9.17) is 5.73 Å². The molecule has 20 heavy (non-hydrogen) atoms. The van der Waals surface area contributed by atoms with E-state index in [9.17, 15) is 4.79 Å². The van der Waals surface area contributed by atoms with Crippen LogP contribution in [0.1, 0.15) is 49.0 Å². The standard InChI is InChI=1S/C16H23BrN2O/c1-4-16(5-2)6-7-19(10-16)15(20)13-8-12(17)9-14(18)11(13)3/h8-9H,4-7,10,18H2,1-3H3. The summed E-state index contributed by atoms with van der Waals surface area (Å²) < 4.78 is 0.861. The molecule has 3 nitrogen and oxygen atoms in total. The van der Waals surface area contributed by atoms with Crippen LogP contribution in [-0.2, 0) is 0 Å². The van der Waals surface area contributed by atoms with Gasteiger partial charge in [0.25, 0.3) is 5.91 Å². The molecule has 1 fully saturated rings. The number of nitrogen functional groups attached to an aromatic ring is 1. The highest BCUT2D eigenvalue weighted by atomic mass is 79.9. The maximum Gasteiger partial charge on any atom is 0.254 e. The normalized spacial score (nSPS) is 17.5. The molecule has 1 amide bonds. The van der Waals surface area contributed by atoms with Crippen molar-refractivity contribution in [1.82, 2.24) is 4.90 Å². The molecule has 0 aliphatic carbocycles. The smallest absolute Gasteiger partial charge is 0.254 e. The van der Waals surface area contributed by atoms with Gasteiger partial charge < -0.3 is 10.6 Å². The van der Waals surface area contributed by atoms with Crippen molar-refractivity contribution < 1.29 is 4.79 Å². The Morgan fingerprint density at radius 3 is 2.60 bits per heavy atom. The Kier molecular flexibility index (Phi) is 4.43. The number of benzene rings is 1. The second-order valence-corrected chi connectivity index (χ2v) is 6.77. The largest absolute Gasteiger partial charge is 0.398 e. The van der Waals surface area contributed by atoms with E-state index < -0.39 is 0 Å². The number of hydrogen-bond acceptors (Lipinski definition) is 2. The van der Waals surface area contributed by atoms with Crippen molar-refractivity contribution >= 4 is 27.5 Å². The van der Waals surface area contributed by atoms with Crippen LogP contribution in [-0.4, -0.2) is 23.9 Å². The van der Waals surface area contributed by atoms with Gasteiger partial charge >= 0.3 is 0 Å². The molecular weight excluding hydrogens is 316 g/mol. The molecule has 0 bridgehead atoms. The molecule has 1 aliphatic heterocycles. The van der Waals surface area contributed by atoms with Crippen molar-refractivity contribution in [3.63, 3.8) is 0 Å². The average Bonchev–Trinajstić information content (AvgIpc) is 2.87. The maximum absolute atomic E-state index is 12.7. The first-order chi connectivity index (χ1) is 9.42. The summed E-state index contributed by atoms with van der Waals surface area (Å²) in [6.45, 7) is 8.08. The van der Waals surface area contributed by atoms with Gasteiger partial charge in [-0.15, -0.1) is 0 Å². The van der Waals surface area contributed by atoms with Crippen molar-refractivity contribution in [2.45, 2.75) is 40.0 Å². The number of rotatable bonds is 3. The summed E-state index contributed by atoms with van der Waals surface area (Å²) >= 11 is 3.42. The summed E-state index contributed by atoms with van der Waals surface area (Å²) in [7, 11) is 0. The van der Waals surface area contributed by atoms with E-state index in [0.29, 0.717) is 11.1 Å². The number of likely N-dealkylation sites (tertiary alicyclic amines) is 1. The Labute approximate surface area is 129 Å². The van der Waals surface area contributed by atoms with Gasteiger partial charge in [-0.2, -0.15) is 0 Å². The van der Waals surface area contributed by atoms with E-state index in [0.717, 1.165) is 48.0 Å². The van der Waals surface area contributed by atoms with Gasteiger partial charge in [-0.1, -0.05) is 29.8 Å². The number of halogens is 1. The van der Waals surface area contributed by atoms with Gasteiger partial charge in [-0.25, -0.2) is 0 Å². The average molecular weight is 339 g/mol. The predicted octanol–water partition coefficient (Wildman–Crippen LogP) is 3.99. The van der Waals surface area contributed by atoms with E-state index in [1.54, 1.807) is 0 Å². The number of hydrogen-bond donors (Lipinski definition) is 1. The monoisotopic (exact) mass is 338 g/mol. The molecule has 2 N–H and O–H groups in total. The highest BCUT2D eigenvalue weighted by molar-refractivity contribution is 9.10. The zero-order valence-electron chi connectivity index (χ0n) is 12.5. The van der Waals surface area contributed by atoms with Gasteiger partial charge in [0, 0.05) is 28.8 Å². The number of anilines is 1. The summed E-state index contributed by atoms with van der Waals surface area (Å²) in [4.78, 5) is 14.7. The van der Waals surface area contributed by atoms with Crippen molar-refractivity contribution in [2.24, 2.45) is 5.41 Å². The van der Waals surface area contributed by atoms with E-state index in [1.807, 2.05) is 24.0 Å². The quantitative estimate of drug-likeness (QED) is 0.847. The van der Waals surface area contributed by atoms with Crippen molar-refractivity contribution in [1.29, 1.82) is 0 Å². The lowest BCUT2D eigenvalue weighted by Gasteiger charge is -2.26. The highest BCUT2D eigenvalue weighted by Crippen LogP contribution is 2.38. The lowest BCUT2D eigenvalue weighted by Crippen LogP contribution is -2.32. The first-order valence-corrected chi connectivity index (χ1v) is 8.06. The van der Waals surface area contributed by atoms with Crippen LogP contribution in [0, 0.1) is 12.3 Å². The molecule has 2 rings (SSSR count). The Hall–Kier alpha value is -1.03. The summed E-state index contributed by atoms with van der Waals surface area (Å²) in [5, 5.41) is 0. The third kappa shape index (κ3) is 2.71. The number of carbonyl (C=O) groups is 1. The minimum absolute atomic E-state index is 0.110. The molecule has 0 spiro atoms. The Morgan fingerprint density at radius 1 is 1.40 bits per heavy atom. The van der Waals surface area contributed by atoms with Gasteiger partial charge in [-0.3, -0.25) is 4.79 Å². The number of nitrogens with zero attached hydrogens (tertiary/aromatic N) is 1. The first-order valence-electron chi connectivity index (χ1n) is 7.27. The van der Waals surface area contributed by atoms with Crippen LogP contribution >= 0.6 is 15.9 Å². The van der Waals surface area contributed by atoms with Crippen molar-refractivity contribution in [3.05, 3.63) is 27.7 Å². The van der Waals surface area contributed by atoms with Crippen LogP contribution in [0.5, 0.6) is 0 Å². The van der Waals surface area contributed by atoms with Gasteiger partial charge in [0.1, 0.15) is 0 Å². The molecule has 0 atom stereocenters. The molecule has 4 heteroatoms. The van der Waals surface area contributed by atoms with E-state index in [-0.39, 0.29) is 5.91 Å². The summed E-state index contributed by atoms with van der Waals surface area (Å²) in [6.07, 6.45) is 3.37. The van der Waals surface area contributed by atoms with Crippen LogP contribution < -0.4 is 5.73 Å². The van der Waals surface area contributed by atoms with Crippen LogP contribution in [0.3, 0.4) is 0 Å². The van der Waals surface area contributed by atoms with Crippen molar-refractivity contribution in [2.75, 3.05) is 18.8 Å². The van der Waals surface area contributed by atoms with Crippen LogP contribution in [0.4, 0.5) is 5.69 Å². The summed E-state index contributed by atoms with van der Waals surface area (Å²) in [5.74, 6) is 0.110. The minimum Gasteiger partial charge on any atom is -0.398 e. The van der Waals surface area contributed by atoms with Gasteiger partial charge in [0.2, 0.25) is 0 Å². The van der Waals surface area contributed by atoms with Crippen LogP contribution in [0.25, 0.3) is 0 Å². The summed E-state index contributed by atoms with van der Waals surface area (Å²) in [6, 6.07) is 3.73. The lowest BCUT2D eigenvalue weighted by molar-refractivity contribution is 0.0769. The third-order valence-corrected chi connectivity index (χ3v) is 5.33. The lowest BCUT2D eigenvalue weighted by atomic mass is 9.82. The molecule has 0 unspecified atom stereocenters. The number of carbonyl (C=O) groups excluding carboxylic acids is 1. The second kappa shape index (κ2) is 5.76. The van der Waals surface area contributed by atoms with Gasteiger partial charge in [-0.05, 0) is 49.3 Å². The predicted molar refractivity (Wildman–Crippen MR) is 86.8 cm³/mol. The molecule has 1 saturated heterocycles. The summed E-state index contributed by atoms with van der Waals surface area (Å²) in [5.41, 5.74) is 8.54. The molecule has 1 aromatic carbocycles. The maximum atomic E-state index is 12.7. The zero-order chi connectivity index (χ0) is 14.9. The molecule has 1 heterocycles. The molecule has 0 radical (unpaired) electrons. The second-order valence-electron chi connectivity index (χ2n) is 5.85. The van der Waals surface area contributed by atoms with Crippen LogP contribution in [0.15, 0.2) is 16.6 Å². The molecule has 1 aromatic rings. The Balaban J connectivity index is 2.26. The Bertz CT molecular complexity index is 523. The fraction of sp³-hybridized carbons (Fsp3) is 0.562. The van der Waals surface area contributed by atoms with Crippen LogP contribution in [0.2, 0.25) is 0 Å². The van der Waals surface area contributed by atoms with Gasteiger partial charge in [0.05, 0.1) is 0 Å². The zero-order valence-corrected chi connectivity index (χ0v) is 14.1. The molecule has 0 saturated carbocycles. The third-order valence-electron chi connectivity index (χ3n) is 4.87. The van der Waals surface area contributed by atoms with E-state index in [1.165, 1.54) is 0 Å². The minimum atomic E-state index is 0.110. The fourth-order valence-corrected chi connectivity index (χ4v) is 3.50. The van der Waals surface area contributed by atoms with Crippen molar-refractivity contribution in [3.8, 4) is 0 Å². The van der Waals surface area contributed by atoms with E-state index >= 15 is 0 Å². The highest BCUT2D eigenvalue weighted by Gasteiger charge is 2.37. The molecular formula is C16H23BrN2O. The van der Waals surface area contributed by atoms with E-state index in [2.05, 4.69) is 29.8 Å². The van der Waals surface area contributed by atoms with Gasteiger partial charge in [0.15, 0.2) is 0 Å². The number of amides is 1.